The van der Waals surface area contributed by atoms with Crippen molar-refractivity contribution in [1.29, 1.82) is 0 Å². The summed E-state index contributed by atoms with van der Waals surface area (Å²) in [6.45, 7) is 7.88. The average molecular weight is 317 g/mol. The van der Waals surface area contributed by atoms with Gasteiger partial charge in [-0.15, -0.1) is 0 Å². The van der Waals surface area contributed by atoms with Crippen molar-refractivity contribution in [2.75, 3.05) is 13.1 Å². The first-order chi connectivity index (χ1) is 11.0. The van der Waals surface area contributed by atoms with Crippen molar-refractivity contribution in [2.24, 2.45) is 0 Å². The van der Waals surface area contributed by atoms with Gasteiger partial charge in [0, 0.05) is 44.6 Å². The quantitative estimate of drug-likeness (QED) is 0.862. The van der Waals surface area contributed by atoms with E-state index in [1.807, 2.05) is 29.5 Å². The number of likely N-dealkylation sites (tertiary alicyclic amines) is 1. The van der Waals surface area contributed by atoms with E-state index in [-0.39, 0.29) is 11.8 Å². The number of aromatic nitrogens is 4. The number of piperidine rings is 1. The number of nitrogens with zero attached hydrogens (tertiary/aromatic N) is 5. The van der Waals surface area contributed by atoms with Crippen molar-refractivity contribution >= 4 is 5.91 Å². The predicted octanol–water partition coefficient (Wildman–Crippen LogP) is 1.99. The van der Waals surface area contributed by atoms with Crippen LogP contribution in [-0.4, -0.2) is 43.8 Å². The van der Waals surface area contributed by atoms with Gasteiger partial charge in [-0.25, -0.2) is 0 Å². The second-order valence-electron chi connectivity index (χ2n) is 6.25. The molecule has 2 aromatic rings. The molecule has 23 heavy (non-hydrogen) atoms. The van der Waals surface area contributed by atoms with Crippen LogP contribution in [0, 0.1) is 20.8 Å². The average Bonchev–Trinajstić information content (AvgIpc) is 3.10. The van der Waals surface area contributed by atoms with Crippen molar-refractivity contribution in [3.8, 4) is 0 Å². The Kier molecular flexibility index (Phi) is 4.45. The highest BCUT2D eigenvalue weighted by Gasteiger charge is 2.27. The Morgan fingerprint density at radius 1 is 1.39 bits per heavy atom. The van der Waals surface area contributed by atoms with Gasteiger partial charge in [-0.05, 0) is 32.8 Å². The first kappa shape index (κ1) is 15.7. The minimum absolute atomic E-state index is 0.169. The van der Waals surface area contributed by atoms with Gasteiger partial charge in [-0.1, -0.05) is 5.16 Å². The Balaban J connectivity index is 1.57. The van der Waals surface area contributed by atoms with Crippen LogP contribution in [0.25, 0.3) is 0 Å². The minimum atomic E-state index is 0.169. The lowest BCUT2D eigenvalue weighted by Gasteiger charge is -2.31. The highest BCUT2D eigenvalue weighted by molar-refractivity contribution is 5.76. The molecule has 0 saturated carbocycles. The first-order valence-corrected chi connectivity index (χ1v) is 8.12. The largest absolute Gasteiger partial charge is 0.342 e. The molecule has 1 aliphatic heterocycles. The molecule has 3 heterocycles. The smallest absolute Gasteiger partial charge is 0.224 e. The van der Waals surface area contributed by atoms with E-state index >= 15 is 0 Å². The van der Waals surface area contributed by atoms with Crippen LogP contribution in [0.4, 0.5) is 0 Å². The van der Waals surface area contributed by atoms with Gasteiger partial charge in [-0.3, -0.25) is 9.48 Å². The fourth-order valence-electron chi connectivity index (χ4n) is 3.16. The Morgan fingerprint density at radius 3 is 2.87 bits per heavy atom. The Labute approximate surface area is 135 Å². The lowest BCUT2D eigenvalue weighted by atomic mass is 9.97. The van der Waals surface area contributed by atoms with Crippen molar-refractivity contribution in [3.63, 3.8) is 0 Å². The summed E-state index contributed by atoms with van der Waals surface area (Å²) in [5.74, 6) is 1.65. The summed E-state index contributed by atoms with van der Waals surface area (Å²) >= 11 is 0. The SMILES string of the molecule is Cc1cc(C)n(CCC(=O)N2CCCC(c3noc(C)n3)C2)n1. The summed E-state index contributed by atoms with van der Waals surface area (Å²) < 4.78 is 6.96. The molecule has 0 spiro atoms. The molecule has 2 aromatic heterocycles. The molecule has 1 atom stereocenters. The van der Waals surface area contributed by atoms with Gasteiger partial charge in [0.2, 0.25) is 11.8 Å². The van der Waals surface area contributed by atoms with Gasteiger partial charge < -0.3 is 9.42 Å². The molecule has 1 fully saturated rings. The first-order valence-electron chi connectivity index (χ1n) is 8.12. The molecule has 1 saturated heterocycles. The Hall–Kier alpha value is -2.18. The molecule has 1 aliphatic rings. The third-order valence-electron chi connectivity index (χ3n) is 4.32. The maximum atomic E-state index is 12.5. The van der Waals surface area contributed by atoms with E-state index in [4.69, 9.17) is 4.52 Å². The van der Waals surface area contributed by atoms with Crippen LogP contribution in [-0.2, 0) is 11.3 Å². The van der Waals surface area contributed by atoms with Gasteiger partial charge >= 0.3 is 0 Å². The van der Waals surface area contributed by atoms with E-state index in [2.05, 4.69) is 15.2 Å². The van der Waals surface area contributed by atoms with Gasteiger partial charge in [0.05, 0.1) is 5.69 Å². The zero-order valence-electron chi connectivity index (χ0n) is 13.9. The lowest BCUT2D eigenvalue weighted by molar-refractivity contribution is -0.132. The topological polar surface area (TPSA) is 77.0 Å². The van der Waals surface area contributed by atoms with Crippen molar-refractivity contribution < 1.29 is 9.32 Å². The number of hydrogen-bond acceptors (Lipinski definition) is 5. The van der Waals surface area contributed by atoms with Crippen LogP contribution in [0.2, 0.25) is 0 Å². The molecule has 3 rings (SSSR count). The van der Waals surface area contributed by atoms with Crippen LogP contribution < -0.4 is 0 Å². The Bertz CT molecular complexity index is 690. The van der Waals surface area contributed by atoms with E-state index in [0.29, 0.717) is 25.4 Å². The van der Waals surface area contributed by atoms with Crippen molar-refractivity contribution in [2.45, 2.75) is 52.5 Å². The number of amides is 1. The number of rotatable bonds is 4. The van der Waals surface area contributed by atoms with Gasteiger partial charge in [-0.2, -0.15) is 10.1 Å². The number of carbonyl (C=O) groups is 1. The van der Waals surface area contributed by atoms with Gasteiger partial charge in [0.15, 0.2) is 5.82 Å². The van der Waals surface area contributed by atoms with E-state index in [9.17, 15) is 4.79 Å². The summed E-state index contributed by atoms with van der Waals surface area (Å²) in [7, 11) is 0. The molecule has 7 heteroatoms. The predicted molar refractivity (Wildman–Crippen MR) is 83.9 cm³/mol. The molecule has 0 aromatic carbocycles. The molecule has 0 N–H and O–H groups in total. The number of carbonyl (C=O) groups excluding carboxylic acids is 1. The van der Waals surface area contributed by atoms with Crippen molar-refractivity contribution in [3.05, 3.63) is 29.2 Å². The van der Waals surface area contributed by atoms with Crippen LogP contribution in [0.3, 0.4) is 0 Å². The maximum Gasteiger partial charge on any atom is 0.224 e. The highest BCUT2D eigenvalue weighted by Crippen LogP contribution is 2.25. The Morgan fingerprint density at radius 2 is 2.22 bits per heavy atom. The molecule has 0 aliphatic carbocycles. The van der Waals surface area contributed by atoms with Crippen LogP contribution >= 0.6 is 0 Å². The van der Waals surface area contributed by atoms with E-state index in [1.165, 1.54) is 0 Å². The molecule has 1 unspecified atom stereocenters. The highest BCUT2D eigenvalue weighted by atomic mass is 16.5. The van der Waals surface area contributed by atoms with Gasteiger partial charge in [0.1, 0.15) is 0 Å². The molecule has 7 nitrogen and oxygen atoms in total. The normalized spacial score (nSPS) is 18.4. The fraction of sp³-hybridized carbons (Fsp3) is 0.625. The minimum Gasteiger partial charge on any atom is -0.342 e. The van der Waals surface area contributed by atoms with Gasteiger partial charge in [0.25, 0.3) is 0 Å². The van der Waals surface area contributed by atoms with Crippen molar-refractivity contribution in [1.82, 2.24) is 24.8 Å². The molecule has 1 amide bonds. The monoisotopic (exact) mass is 317 g/mol. The fourth-order valence-corrected chi connectivity index (χ4v) is 3.16. The summed E-state index contributed by atoms with van der Waals surface area (Å²) in [5.41, 5.74) is 2.08. The number of aryl methyl sites for hydroxylation is 4. The van der Waals surface area contributed by atoms with Crippen LogP contribution in [0.15, 0.2) is 10.6 Å². The maximum absolute atomic E-state index is 12.5. The van der Waals surface area contributed by atoms with Crippen LogP contribution in [0.1, 0.15) is 48.3 Å². The summed E-state index contributed by atoms with van der Waals surface area (Å²) in [6.07, 6.45) is 2.45. The summed E-state index contributed by atoms with van der Waals surface area (Å²) in [5, 5.41) is 8.41. The third-order valence-corrected chi connectivity index (χ3v) is 4.32. The van der Waals surface area contributed by atoms with E-state index in [0.717, 1.165) is 36.6 Å². The zero-order chi connectivity index (χ0) is 16.4. The van der Waals surface area contributed by atoms with Crippen LogP contribution in [0.5, 0.6) is 0 Å². The number of hydrogen-bond donors (Lipinski definition) is 0. The second-order valence-corrected chi connectivity index (χ2v) is 6.25. The third kappa shape index (κ3) is 3.60. The molecule has 124 valence electrons. The zero-order valence-corrected chi connectivity index (χ0v) is 13.9. The molecule has 0 radical (unpaired) electrons. The van der Waals surface area contributed by atoms with E-state index < -0.39 is 0 Å². The standard InChI is InChI=1S/C16H23N5O2/c1-11-9-12(2)21(18-11)8-6-15(22)20-7-4-5-14(10-20)16-17-13(3)23-19-16/h9,14H,4-8,10H2,1-3H3. The lowest BCUT2D eigenvalue weighted by Crippen LogP contribution is -2.39. The summed E-state index contributed by atoms with van der Waals surface area (Å²) in [4.78, 5) is 18.7. The van der Waals surface area contributed by atoms with E-state index in [1.54, 1.807) is 6.92 Å². The molecular weight excluding hydrogens is 294 g/mol. The molecular formula is C16H23N5O2. The second kappa shape index (κ2) is 6.52. The summed E-state index contributed by atoms with van der Waals surface area (Å²) in [6, 6.07) is 2.03. The molecule has 0 bridgehead atoms.